The molecule has 0 unspecified atom stereocenters. The van der Waals surface area contributed by atoms with Crippen LogP contribution < -0.4 is 4.90 Å². The predicted molar refractivity (Wildman–Crippen MR) is 81.1 cm³/mol. The lowest BCUT2D eigenvalue weighted by molar-refractivity contribution is 0.0587. The maximum Gasteiger partial charge on any atom is 0.415 e. The van der Waals surface area contributed by atoms with Gasteiger partial charge in [-0.2, -0.15) is 0 Å². The van der Waals surface area contributed by atoms with Crippen molar-refractivity contribution in [2.75, 3.05) is 11.9 Å². The highest BCUT2D eigenvalue weighted by Gasteiger charge is 2.22. The van der Waals surface area contributed by atoms with Crippen molar-refractivity contribution in [2.24, 2.45) is 0 Å². The molecule has 1 aromatic carbocycles. The van der Waals surface area contributed by atoms with E-state index >= 15 is 0 Å². The van der Waals surface area contributed by atoms with Crippen molar-refractivity contribution in [1.82, 2.24) is 9.97 Å². The van der Waals surface area contributed by atoms with Gasteiger partial charge in [-0.05, 0) is 39.0 Å². The summed E-state index contributed by atoms with van der Waals surface area (Å²) in [6, 6.07) is 4.46. The molecule has 0 fully saturated rings. The van der Waals surface area contributed by atoms with Crippen molar-refractivity contribution in [3.8, 4) is 0 Å². The van der Waals surface area contributed by atoms with Crippen molar-refractivity contribution in [3.05, 3.63) is 30.1 Å². The molecule has 1 N–H and O–H groups in total. The molecular formula is C15H17N3O4. The number of nitrogens with zero attached hydrogens (tertiary/aromatic N) is 3. The summed E-state index contributed by atoms with van der Waals surface area (Å²) in [4.78, 5) is 32.5. The van der Waals surface area contributed by atoms with Gasteiger partial charge in [-0.3, -0.25) is 4.90 Å². The number of amides is 1. The van der Waals surface area contributed by atoms with E-state index in [9.17, 15) is 9.59 Å². The molecule has 0 saturated carbocycles. The molecule has 0 radical (unpaired) electrons. The topological polar surface area (TPSA) is 92.6 Å². The van der Waals surface area contributed by atoms with Crippen LogP contribution in [0.5, 0.6) is 0 Å². The SMILES string of the molecule is CN(C(=O)OC(C)(C)C)c1ncnc2cc(C(=O)O)ccc12. The Morgan fingerprint density at radius 2 is 1.91 bits per heavy atom. The van der Waals surface area contributed by atoms with Gasteiger partial charge in [-0.15, -0.1) is 0 Å². The Kier molecular flexibility index (Phi) is 3.99. The maximum atomic E-state index is 12.1. The molecule has 1 amide bonds. The number of carboxylic acids is 1. The van der Waals surface area contributed by atoms with Gasteiger partial charge < -0.3 is 9.84 Å². The number of hydrogen-bond donors (Lipinski definition) is 1. The Balaban J connectivity index is 2.43. The average molecular weight is 303 g/mol. The molecule has 7 nitrogen and oxygen atoms in total. The van der Waals surface area contributed by atoms with Crippen LogP contribution >= 0.6 is 0 Å². The Labute approximate surface area is 127 Å². The van der Waals surface area contributed by atoms with Crippen LogP contribution in [0.2, 0.25) is 0 Å². The van der Waals surface area contributed by atoms with Crippen molar-refractivity contribution in [1.29, 1.82) is 0 Å². The number of benzene rings is 1. The van der Waals surface area contributed by atoms with E-state index in [0.717, 1.165) is 0 Å². The molecule has 0 spiro atoms. The molecule has 0 saturated heterocycles. The van der Waals surface area contributed by atoms with E-state index in [1.165, 1.54) is 23.4 Å². The number of fused-ring (bicyclic) bond motifs is 1. The molecule has 22 heavy (non-hydrogen) atoms. The van der Waals surface area contributed by atoms with Gasteiger partial charge >= 0.3 is 12.1 Å². The van der Waals surface area contributed by atoms with Crippen LogP contribution in [0.1, 0.15) is 31.1 Å². The van der Waals surface area contributed by atoms with Gasteiger partial charge in [0.15, 0.2) is 0 Å². The first-order valence-electron chi connectivity index (χ1n) is 6.64. The van der Waals surface area contributed by atoms with Crippen molar-refractivity contribution < 1.29 is 19.4 Å². The third-order valence-corrected chi connectivity index (χ3v) is 2.85. The molecule has 0 atom stereocenters. The lowest BCUT2D eigenvalue weighted by Gasteiger charge is -2.24. The number of aromatic nitrogens is 2. The molecule has 0 aliphatic heterocycles. The largest absolute Gasteiger partial charge is 0.478 e. The first-order chi connectivity index (χ1) is 10.2. The zero-order valence-electron chi connectivity index (χ0n) is 12.8. The minimum absolute atomic E-state index is 0.122. The lowest BCUT2D eigenvalue weighted by Crippen LogP contribution is -2.34. The normalized spacial score (nSPS) is 11.3. The van der Waals surface area contributed by atoms with E-state index in [1.807, 2.05) is 0 Å². The number of rotatable bonds is 2. The first kappa shape index (κ1) is 15.7. The number of hydrogen-bond acceptors (Lipinski definition) is 5. The molecule has 0 bridgehead atoms. The molecule has 7 heteroatoms. The smallest absolute Gasteiger partial charge is 0.415 e. The zero-order chi connectivity index (χ0) is 16.5. The number of carbonyl (C=O) groups is 2. The Hall–Kier alpha value is -2.70. The van der Waals surface area contributed by atoms with Gasteiger partial charge in [0, 0.05) is 12.4 Å². The molecule has 0 aliphatic rings. The van der Waals surface area contributed by atoms with E-state index in [0.29, 0.717) is 16.7 Å². The fourth-order valence-corrected chi connectivity index (χ4v) is 1.86. The lowest BCUT2D eigenvalue weighted by atomic mass is 10.1. The van der Waals surface area contributed by atoms with Crippen LogP contribution in [-0.4, -0.2) is 39.8 Å². The minimum Gasteiger partial charge on any atom is -0.478 e. The van der Waals surface area contributed by atoms with Gasteiger partial charge in [-0.1, -0.05) is 0 Å². The third kappa shape index (κ3) is 3.30. The number of carboxylic acid groups (broad SMARTS) is 1. The van der Waals surface area contributed by atoms with E-state index < -0.39 is 17.7 Å². The van der Waals surface area contributed by atoms with Crippen LogP contribution in [0, 0.1) is 0 Å². The van der Waals surface area contributed by atoms with E-state index in [-0.39, 0.29) is 5.56 Å². The number of ether oxygens (including phenoxy) is 1. The molecule has 0 aliphatic carbocycles. The van der Waals surface area contributed by atoms with Gasteiger partial charge in [0.05, 0.1) is 11.1 Å². The second-order valence-corrected chi connectivity index (χ2v) is 5.77. The summed E-state index contributed by atoms with van der Waals surface area (Å²) in [6.07, 6.45) is 0.735. The molecular weight excluding hydrogens is 286 g/mol. The average Bonchev–Trinajstić information content (AvgIpc) is 2.43. The fraction of sp³-hybridized carbons (Fsp3) is 0.333. The second-order valence-electron chi connectivity index (χ2n) is 5.77. The fourth-order valence-electron chi connectivity index (χ4n) is 1.86. The number of anilines is 1. The highest BCUT2D eigenvalue weighted by Crippen LogP contribution is 2.24. The van der Waals surface area contributed by atoms with Crippen molar-refractivity contribution in [3.63, 3.8) is 0 Å². The summed E-state index contributed by atoms with van der Waals surface area (Å²) in [5, 5.41) is 9.58. The Morgan fingerprint density at radius 3 is 2.50 bits per heavy atom. The molecule has 2 aromatic rings. The quantitative estimate of drug-likeness (QED) is 0.917. The number of aromatic carboxylic acids is 1. The molecule has 1 heterocycles. The summed E-state index contributed by atoms with van der Waals surface area (Å²) >= 11 is 0. The van der Waals surface area contributed by atoms with Crippen LogP contribution in [0.15, 0.2) is 24.5 Å². The standard InChI is InChI=1S/C15H17N3O4/c1-15(2,3)22-14(21)18(4)12-10-6-5-9(13(19)20)7-11(10)16-8-17-12/h5-8H,1-4H3,(H,19,20). The monoisotopic (exact) mass is 303 g/mol. The second kappa shape index (κ2) is 5.59. The highest BCUT2D eigenvalue weighted by molar-refractivity contribution is 6.00. The molecule has 2 rings (SSSR count). The van der Waals surface area contributed by atoms with Crippen LogP contribution in [-0.2, 0) is 4.74 Å². The van der Waals surface area contributed by atoms with Gasteiger partial charge in [0.2, 0.25) is 0 Å². The summed E-state index contributed by atoms with van der Waals surface area (Å²) in [5.41, 5.74) is -0.0534. The van der Waals surface area contributed by atoms with Gasteiger partial charge in [-0.25, -0.2) is 19.6 Å². The summed E-state index contributed by atoms with van der Waals surface area (Å²) in [6.45, 7) is 5.32. The number of carbonyl (C=O) groups excluding carboxylic acids is 1. The van der Waals surface area contributed by atoms with Crippen molar-refractivity contribution in [2.45, 2.75) is 26.4 Å². The minimum atomic E-state index is -1.04. The van der Waals surface area contributed by atoms with Gasteiger partial charge in [0.25, 0.3) is 0 Å². The maximum absolute atomic E-state index is 12.1. The Bertz CT molecular complexity index is 737. The highest BCUT2D eigenvalue weighted by atomic mass is 16.6. The van der Waals surface area contributed by atoms with Gasteiger partial charge in [0.1, 0.15) is 17.7 Å². The van der Waals surface area contributed by atoms with Crippen molar-refractivity contribution >= 4 is 28.8 Å². The predicted octanol–water partition coefficient (Wildman–Crippen LogP) is 2.70. The van der Waals surface area contributed by atoms with Crippen LogP contribution in [0.25, 0.3) is 10.9 Å². The summed E-state index contributed by atoms with van der Waals surface area (Å²) in [5.74, 6) is -0.682. The van der Waals surface area contributed by atoms with Crippen LogP contribution in [0.4, 0.5) is 10.6 Å². The van der Waals surface area contributed by atoms with E-state index in [1.54, 1.807) is 33.9 Å². The van der Waals surface area contributed by atoms with Crippen LogP contribution in [0.3, 0.4) is 0 Å². The van der Waals surface area contributed by atoms with E-state index in [2.05, 4.69) is 9.97 Å². The first-order valence-corrected chi connectivity index (χ1v) is 6.64. The molecule has 1 aromatic heterocycles. The summed E-state index contributed by atoms with van der Waals surface area (Å²) < 4.78 is 5.30. The zero-order valence-corrected chi connectivity index (χ0v) is 12.8. The van der Waals surface area contributed by atoms with E-state index in [4.69, 9.17) is 9.84 Å². The summed E-state index contributed by atoms with van der Waals surface area (Å²) in [7, 11) is 1.54. The molecule has 116 valence electrons. The Morgan fingerprint density at radius 1 is 1.23 bits per heavy atom. The third-order valence-electron chi connectivity index (χ3n) is 2.85.